The van der Waals surface area contributed by atoms with Gasteiger partial charge in [-0.3, -0.25) is 4.79 Å². The second kappa shape index (κ2) is 6.32. The lowest BCUT2D eigenvalue weighted by Gasteiger charge is -2.35. The van der Waals surface area contributed by atoms with Crippen LogP contribution < -0.4 is 0 Å². The van der Waals surface area contributed by atoms with E-state index in [2.05, 4.69) is 4.74 Å². The van der Waals surface area contributed by atoms with Gasteiger partial charge in [-0.15, -0.1) is 0 Å². The summed E-state index contributed by atoms with van der Waals surface area (Å²) in [5, 5.41) is 9.39. The van der Waals surface area contributed by atoms with Crippen LogP contribution in [0.4, 0.5) is 4.79 Å². The molecule has 2 rings (SSSR count). The molecule has 2 aliphatic rings. The number of carboxylic acid groups (broad SMARTS) is 1. The van der Waals surface area contributed by atoms with Gasteiger partial charge < -0.3 is 19.6 Å². The number of amides is 2. The minimum atomic E-state index is -0.968. The van der Waals surface area contributed by atoms with Gasteiger partial charge in [-0.1, -0.05) is 12.8 Å². The van der Waals surface area contributed by atoms with E-state index in [1.807, 2.05) is 0 Å². The first-order chi connectivity index (χ1) is 9.95. The van der Waals surface area contributed by atoms with Crippen LogP contribution in [0.15, 0.2) is 0 Å². The maximum Gasteiger partial charge on any atom is 0.326 e. The standard InChI is InChI=1S/C14H22N2O5/c1-15(8-12(17)21-2)14(20)16-10-6-4-3-5-9(10)7-11(16)13(18)19/h9-11H,3-8H2,1-2H3,(H,18,19). The molecule has 0 bridgehead atoms. The van der Waals surface area contributed by atoms with E-state index in [4.69, 9.17) is 0 Å². The molecule has 2 amide bonds. The van der Waals surface area contributed by atoms with E-state index in [0.717, 1.165) is 25.7 Å². The molecule has 7 nitrogen and oxygen atoms in total. The Morgan fingerprint density at radius 3 is 2.57 bits per heavy atom. The Morgan fingerprint density at radius 2 is 1.95 bits per heavy atom. The van der Waals surface area contributed by atoms with Crippen LogP contribution in [0.1, 0.15) is 32.1 Å². The summed E-state index contributed by atoms with van der Waals surface area (Å²) in [5.41, 5.74) is 0. The van der Waals surface area contributed by atoms with Crippen LogP contribution in [-0.2, 0) is 14.3 Å². The number of carbonyl (C=O) groups excluding carboxylic acids is 2. The molecule has 0 aromatic carbocycles. The summed E-state index contributed by atoms with van der Waals surface area (Å²) in [5.74, 6) is -1.23. The summed E-state index contributed by atoms with van der Waals surface area (Å²) < 4.78 is 4.55. The van der Waals surface area contributed by atoms with Crippen molar-refractivity contribution in [3.8, 4) is 0 Å². The molecule has 1 saturated heterocycles. The Morgan fingerprint density at radius 1 is 1.29 bits per heavy atom. The number of likely N-dealkylation sites (N-methyl/N-ethyl adjacent to an activating group) is 1. The smallest absolute Gasteiger partial charge is 0.326 e. The van der Waals surface area contributed by atoms with E-state index < -0.39 is 24.0 Å². The van der Waals surface area contributed by atoms with Gasteiger partial charge in [0.1, 0.15) is 12.6 Å². The monoisotopic (exact) mass is 298 g/mol. The number of carboxylic acids is 1. The van der Waals surface area contributed by atoms with Gasteiger partial charge in [0.05, 0.1) is 7.11 Å². The summed E-state index contributed by atoms with van der Waals surface area (Å²) >= 11 is 0. The first kappa shape index (κ1) is 15.6. The number of hydrogen-bond donors (Lipinski definition) is 1. The molecule has 1 saturated carbocycles. The highest BCUT2D eigenvalue weighted by molar-refractivity contribution is 5.86. The Bertz CT molecular complexity index is 439. The first-order valence-corrected chi connectivity index (χ1v) is 7.28. The van der Waals surface area contributed by atoms with E-state index in [1.165, 1.54) is 24.0 Å². The summed E-state index contributed by atoms with van der Waals surface area (Å²) in [7, 11) is 2.75. The molecule has 1 aliphatic heterocycles. The van der Waals surface area contributed by atoms with Crippen molar-refractivity contribution in [2.75, 3.05) is 20.7 Å². The molecular formula is C14H22N2O5. The fourth-order valence-corrected chi connectivity index (χ4v) is 3.48. The quantitative estimate of drug-likeness (QED) is 0.783. The molecule has 1 N–H and O–H groups in total. The Kier molecular flexibility index (Phi) is 4.69. The number of nitrogens with zero attached hydrogens (tertiary/aromatic N) is 2. The fourth-order valence-electron chi connectivity index (χ4n) is 3.48. The molecule has 0 aromatic rings. The van der Waals surface area contributed by atoms with E-state index in [1.54, 1.807) is 0 Å². The number of fused-ring (bicyclic) bond motifs is 1. The molecule has 3 atom stereocenters. The summed E-state index contributed by atoms with van der Waals surface area (Å²) in [6.45, 7) is -0.171. The predicted octanol–water partition coefficient (Wildman–Crippen LogP) is 0.929. The van der Waals surface area contributed by atoms with Crippen molar-refractivity contribution < 1.29 is 24.2 Å². The average Bonchev–Trinajstić information content (AvgIpc) is 2.85. The van der Waals surface area contributed by atoms with Crippen molar-refractivity contribution >= 4 is 18.0 Å². The summed E-state index contributed by atoms with van der Waals surface area (Å²) in [6, 6.07) is -1.21. The van der Waals surface area contributed by atoms with Crippen molar-refractivity contribution in [1.82, 2.24) is 9.80 Å². The molecule has 21 heavy (non-hydrogen) atoms. The zero-order chi connectivity index (χ0) is 15.6. The lowest BCUT2D eigenvalue weighted by atomic mass is 9.85. The third-order valence-electron chi connectivity index (χ3n) is 4.51. The number of likely N-dealkylation sites (tertiary alicyclic amines) is 1. The molecule has 0 radical (unpaired) electrons. The minimum Gasteiger partial charge on any atom is -0.480 e. The second-order valence-electron chi connectivity index (χ2n) is 5.82. The number of urea groups is 1. The SMILES string of the molecule is COC(=O)CN(C)C(=O)N1C(C(=O)O)CC2CCCCC21. The maximum atomic E-state index is 12.5. The number of hydrogen-bond acceptors (Lipinski definition) is 4. The molecule has 0 spiro atoms. The van der Waals surface area contributed by atoms with Crippen molar-refractivity contribution in [2.24, 2.45) is 5.92 Å². The molecule has 2 fully saturated rings. The lowest BCUT2D eigenvalue weighted by Crippen LogP contribution is -2.52. The van der Waals surface area contributed by atoms with Crippen LogP contribution in [0.3, 0.4) is 0 Å². The maximum absolute atomic E-state index is 12.5. The normalized spacial score (nSPS) is 27.9. The van der Waals surface area contributed by atoms with E-state index in [0.29, 0.717) is 6.42 Å². The molecule has 7 heteroatoms. The third kappa shape index (κ3) is 3.11. The molecule has 3 unspecified atom stereocenters. The van der Waals surface area contributed by atoms with Crippen LogP contribution in [0.5, 0.6) is 0 Å². The number of rotatable bonds is 3. The van der Waals surface area contributed by atoms with Crippen LogP contribution in [0.2, 0.25) is 0 Å². The van der Waals surface area contributed by atoms with Gasteiger partial charge in [-0.05, 0) is 25.2 Å². The van der Waals surface area contributed by atoms with Crippen molar-refractivity contribution in [2.45, 2.75) is 44.2 Å². The second-order valence-corrected chi connectivity index (χ2v) is 5.82. The minimum absolute atomic E-state index is 0.0209. The summed E-state index contributed by atoms with van der Waals surface area (Å²) in [6.07, 6.45) is 4.43. The van der Waals surface area contributed by atoms with Crippen LogP contribution >= 0.6 is 0 Å². The predicted molar refractivity (Wildman–Crippen MR) is 73.7 cm³/mol. The van der Waals surface area contributed by atoms with E-state index >= 15 is 0 Å². The van der Waals surface area contributed by atoms with Crippen LogP contribution in [-0.4, -0.2) is 65.7 Å². The number of methoxy groups -OCH3 is 1. The Labute approximate surface area is 123 Å². The lowest BCUT2D eigenvalue weighted by molar-refractivity contribution is -0.141. The Balaban J connectivity index is 2.14. The first-order valence-electron chi connectivity index (χ1n) is 7.28. The highest BCUT2D eigenvalue weighted by Gasteiger charge is 2.48. The molecule has 1 aliphatic carbocycles. The highest BCUT2D eigenvalue weighted by atomic mass is 16.5. The molecular weight excluding hydrogens is 276 g/mol. The molecule has 0 aromatic heterocycles. The third-order valence-corrected chi connectivity index (χ3v) is 4.51. The summed E-state index contributed by atoms with van der Waals surface area (Å²) in [4.78, 5) is 38.0. The van der Waals surface area contributed by atoms with Gasteiger partial charge in [-0.2, -0.15) is 0 Å². The van der Waals surface area contributed by atoms with Gasteiger partial charge in [0.15, 0.2) is 0 Å². The average molecular weight is 298 g/mol. The number of esters is 1. The van der Waals surface area contributed by atoms with Crippen LogP contribution in [0, 0.1) is 5.92 Å². The zero-order valence-corrected chi connectivity index (χ0v) is 12.4. The van der Waals surface area contributed by atoms with Crippen molar-refractivity contribution in [3.05, 3.63) is 0 Å². The number of ether oxygens (including phenoxy) is 1. The zero-order valence-electron chi connectivity index (χ0n) is 12.4. The van der Waals surface area contributed by atoms with Gasteiger partial charge in [0.25, 0.3) is 0 Å². The molecule has 1 heterocycles. The number of aliphatic carboxylic acids is 1. The van der Waals surface area contributed by atoms with Gasteiger partial charge in [-0.25, -0.2) is 9.59 Å². The Hall–Kier alpha value is -1.79. The van der Waals surface area contributed by atoms with Gasteiger partial charge >= 0.3 is 18.0 Å². The van der Waals surface area contributed by atoms with E-state index in [-0.39, 0.29) is 18.5 Å². The fraction of sp³-hybridized carbons (Fsp3) is 0.786. The van der Waals surface area contributed by atoms with E-state index in [9.17, 15) is 19.5 Å². The van der Waals surface area contributed by atoms with Gasteiger partial charge in [0, 0.05) is 13.1 Å². The molecule has 118 valence electrons. The van der Waals surface area contributed by atoms with Crippen LogP contribution in [0.25, 0.3) is 0 Å². The largest absolute Gasteiger partial charge is 0.480 e. The number of carbonyl (C=O) groups is 3. The topological polar surface area (TPSA) is 87.2 Å². The van der Waals surface area contributed by atoms with Crippen molar-refractivity contribution in [1.29, 1.82) is 0 Å². The van der Waals surface area contributed by atoms with Gasteiger partial charge in [0.2, 0.25) is 0 Å². The van der Waals surface area contributed by atoms with Crippen molar-refractivity contribution in [3.63, 3.8) is 0 Å². The highest BCUT2D eigenvalue weighted by Crippen LogP contribution is 2.40.